The van der Waals surface area contributed by atoms with E-state index in [-0.39, 0.29) is 11.3 Å². The normalized spacial score (nSPS) is 9.26. The number of amides is 2. The van der Waals surface area contributed by atoms with Crippen LogP contribution in [0, 0.1) is 12.3 Å². The van der Waals surface area contributed by atoms with E-state index in [1.807, 2.05) is 0 Å². The van der Waals surface area contributed by atoms with Gasteiger partial charge in [0.05, 0.1) is 7.11 Å². The lowest BCUT2D eigenvalue weighted by atomic mass is 10.2. The summed E-state index contributed by atoms with van der Waals surface area (Å²) in [5.74, 6) is 1.48. The number of aromatic carboxylic acids is 1. The molecule has 1 aromatic carbocycles. The zero-order chi connectivity index (χ0) is 14.3. The van der Waals surface area contributed by atoms with Crippen LogP contribution in [0.4, 0.5) is 10.5 Å². The fourth-order valence-corrected chi connectivity index (χ4v) is 1.37. The van der Waals surface area contributed by atoms with E-state index in [4.69, 9.17) is 16.3 Å². The number of rotatable bonds is 5. The lowest BCUT2D eigenvalue weighted by molar-refractivity contribution is 0.0693. The first-order valence-electron chi connectivity index (χ1n) is 5.48. The first kappa shape index (κ1) is 14.4. The molecule has 2 amide bonds. The predicted molar refractivity (Wildman–Crippen MR) is 70.4 cm³/mol. The van der Waals surface area contributed by atoms with E-state index >= 15 is 0 Å². The molecule has 0 heterocycles. The highest BCUT2D eigenvalue weighted by atomic mass is 16.5. The van der Waals surface area contributed by atoms with Gasteiger partial charge in [0.1, 0.15) is 11.3 Å². The number of benzene rings is 1. The van der Waals surface area contributed by atoms with Crippen molar-refractivity contribution in [3.8, 4) is 18.1 Å². The summed E-state index contributed by atoms with van der Waals surface area (Å²) >= 11 is 0. The molecule has 0 bridgehead atoms. The Morgan fingerprint density at radius 2 is 2.21 bits per heavy atom. The van der Waals surface area contributed by atoms with Crippen LogP contribution < -0.4 is 15.4 Å². The first-order chi connectivity index (χ1) is 9.08. The molecule has 19 heavy (non-hydrogen) atoms. The van der Waals surface area contributed by atoms with E-state index in [9.17, 15) is 9.59 Å². The van der Waals surface area contributed by atoms with E-state index < -0.39 is 12.0 Å². The molecule has 0 atom stereocenters. The first-order valence-corrected chi connectivity index (χ1v) is 5.48. The minimum Gasteiger partial charge on any atom is -0.496 e. The van der Waals surface area contributed by atoms with Crippen LogP contribution in [-0.2, 0) is 0 Å². The second-order valence-corrected chi connectivity index (χ2v) is 3.56. The highest BCUT2D eigenvalue weighted by Crippen LogP contribution is 2.23. The lowest BCUT2D eigenvalue weighted by Crippen LogP contribution is -2.29. The Balaban J connectivity index is 2.72. The van der Waals surface area contributed by atoms with Crippen LogP contribution in [0.1, 0.15) is 16.8 Å². The Morgan fingerprint density at radius 3 is 2.79 bits per heavy atom. The summed E-state index contributed by atoms with van der Waals surface area (Å²) in [6, 6.07) is 3.86. The molecule has 0 aliphatic rings. The Morgan fingerprint density at radius 1 is 1.47 bits per heavy atom. The summed E-state index contributed by atoms with van der Waals surface area (Å²) < 4.78 is 4.95. The van der Waals surface area contributed by atoms with Crippen molar-refractivity contribution >= 4 is 17.7 Å². The van der Waals surface area contributed by atoms with Crippen LogP contribution in [0.5, 0.6) is 5.75 Å². The van der Waals surface area contributed by atoms with Crippen molar-refractivity contribution in [1.82, 2.24) is 5.32 Å². The molecule has 6 nitrogen and oxygen atoms in total. The van der Waals surface area contributed by atoms with Crippen molar-refractivity contribution in [3.05, 3.63) is 23.8 Å². The van der Waals surface area contributed by atoms with Gasteiger partial charge in [0.2, 0.25) is 0 Å². The highest BCUT2D eigenvalue weighted by molar-refractivity contribution is 5.94. The number of anilines is 1. The van der Waals surface area contributed by atoms with Crippen molar-refractivity contribution in [2.45, 2.75) is 6.42 Å². The van der Waals surface area contributed by atoms with Gasteiger partial charge in [0.15, 0.2) is 0 Å². The molecular weight excluding hydrogens is 248 g/mol. The second kappa shape index (κ2) is 6.91. The molecule has 0 radical (unpaired) electrons. The molecule has 6 heteroatoms. The van der Waals surface area contributed by atoms with Crippen LogP contribution in [-0.4, -0.2) is 30.8 Å². The van der Waals surface area contributed by atoms with Crippen LogP contribution in [0.2, 0.25) is 0 Å². The van der Waals surface area contributed by atoms with Crippen molar-refractivity contribution < 1.29 is 19.4 Å². The van der Waals surface area contributed by atoms with Crippen LogP contribution in [0.25, 0.3) is 0 Å². The number of nitrogens with one attached hydrogen (secondary N) is 2. The molecular formula is C13H14N2O4. The molecule has 0 aliphatic carbocycles. The minimum atomic E-state index is -1.10. The number of ether oxygens (including phenoxy) is 1. The summed E-state index contributed by atoms with van der Waals surface area (Å²) in [4.78, 5) is 22.3. The number of hydrogen-bond donors (Lipinski definition) is 3. The summed E-state index contributed by atoms with van der Waals surface area (Å²) in [7, 11) is 1.36. The zero-order valence-corrected chi connectivity index (χ0v) is 10.4. The molecule has 0 aromatic heterocycles. The van der Waals surface area contributed by atoms with E-state index in [0.717, 1.165) is 0 Å². The molecule has 0 spiro atoms. The van der Waals surface area contributed by atoms with Gasteiger partial charge in [-0.25, -0.2) is 9.59 Å². The molecule has 1 rings (SSSR count). The van der Waals surface area contributed by atoms with Crippen molar-refractivity contribution in [2.24, 2.45) is 0 Å². The Kier molecular flexibility index (Phi) is 5.23. The Hall–Kier alpha value is -2.68. The van der Waals surface area contributed by atoms with Gasteiger partial charge in [-0.2, -0.15) is 0 Å². The van der Waals surface area contributed by atoms with Gasteiger partial charge in [-0.1, -0.05) is 0 Å². The average Bonchev–Trinajstić information content (AvgIpc) is 2.38. The standard InChI is InChI=1S/C13H14N2O4/c1-3-4-7-14-13(18)15-9-5-6-10(12(16)17)11(8-9)19-2/h1,5-6,8H,4,7H2,2H3,(H,16,17)(H2,14,15,18). The van der Waals surface area contributed by atoms with E-state index in [0.29, 0.717) is 18.7 Å². The quantitative estimate of drug-likeness (QED) is 0.555. The highest BCUT2D eigenvalue weighted by Gasteiger charge is 2.12. The number of methoxy groups -OCH3 is 1. The lowest BCUT2D eigenvalue weighted by Gasteiger charge is -2.09. The van der Waals surface area contributed by atoms with E-state index in [1.54, 1.807) is 0 Å². The number of hydrogen-bond acceptors (Lipinski definition) is 3. The number of carbonyl (C=O) groups excluding carboxylic acids is 1. The number of terminal acetylenes is 1. The summed E-state index contributed by atoms with van der Waals surface area (Å²) in [5.41, 5.74) is 0.459. The van der Waals surface area contributed by atoms with E-state index in [2.05, 4.69) is 16.6 Å². The molecule has 0 aliphatic heterocycles. The largest absolute Gasteiger partial charge is 0.496 e. The number of carboxylic acid groups (broad SMARTS) is 1. The molecule has 0 fully saturated rings. The van der Waals surface area contributed by atoms with Crippen molar-refractivity contribution in [3.63, 3.8) is 0 Å². The third-order valence-corrected chi connectivity index (χ3v) is 2.24. The monoisotopic (exact) mass is 262 g/mol. The second-order valence-electron chi connectivity index (χ2n) is 3.56. The number of urea groups is 1. The maximum atomic E-state index is 11.5. The van der Waals surface area contributed by atoms with Crippen molar-refractivity contribution in [1.29, 1.82) is 0 Å². The van der Waals surface area contributed by atoms with E-state index in [1.165, 1.54) is 25.3 Å². The average molecular weight is 262 g/mol. The molecule has 1 aromatic rings. The molecule has 0 saturated carbocycles. The third-order valence-electron chi connectivity index (χ3n) is 2.24. The van der Waals surface area contributed by atoms with Gasteiger partial charge in [-0.3, -0.25) is 0 Å². The van der Waals surface area contributed by atoms with Crippen LogP contribution in [0.3, 0.4) is 0 Å². The fourth-order valence-electron chi connectivity index (χ4n) is 1.37. The van der Waals surface area contributed by atoms with Gasteiger partial charge < -0.3 is 20.5 Å². The third kappa shape index (κ3) is 4.24. The molecule has 0 unspecified atom stereocenters. The van der Waals surface area contributed by atoms with Crippen LogP contribution >= 0.6 is 0 Å². The van der Waals surface area contributed by atoms with Gasteiger partial charge in [0.25, 0.3) is 0 Å². The Labute approximate surface area is 110 Å². The fraction of sp³-hybridized carbons (Fsp3) is 0.231. The maximum absolute atomic E-state index is 11.5. The SMILES string of the molecule is C#CCCNC(=O)Nc1ccc(C(=O)O)c(OC)c1. The topological polar surface area (TPSA) is 87.7 Å². The summed E-state index contributed by atoms with van der Waals surface area (Å²) in [6.45, 7) is 0.368. The predicted octanol–water partition coefficient (Wildman–Crippen LogP) is 1.54. The number of carbonyl (C=O) groups is 2. The van der Waals surface area contributed by atoms with Gasteiger partial charge in [-0.15, -0.1) is 12.3 Å². The summed E-state index contributed by atoms with van der Waals surface area (Å²) in [5, 5.41) is 14.0. The maximum Gasteiger partial charge on any atom is 0.339 e. The zero-order valence-electron chi connectivity index (χ0n) is 10.4. The smallest absolute Gasteiger partial charge is 0.339 e. The van der Waals surface area contributed by atoms with Gasteiger partial charge in [0, 0.05) is 24.7 Å². The molecule has 0 saturated heterocycles. The minimum absolute atomic E-state index is 0.0285. The van der Waals surface area contributed by atoms with Crippen LogP contribution in [0.15, 0.2) is 18.2 Å². The number of carboxylic acids is 1. The molecule has 100 valence electrons. The van der Waals surface area contributed by atoms with Gasteiger partial charge in [-0.05, 0) is 12.1 Å². The van der Waals surface area contributed by atoms with Crippen molar-refractivity contribution in [2.75, 3.05) is 19.0 Å². The Bertz CT molecular complexity index is 520. The van der Waals surface area contributed by atoms with Gasteiger partial charge >= 0.3 is 12.0 Å². The summed E-state index contributed by atoms with van der Waals surface area (Å²) in [6.07, 6.45) is 5.50. The molecule has 3 N–H and O–H groups in total.